The van der Waals surface area contributed by atoms with Crippen LogP contribution in [0.3, 0.4) is 0 Å². The van der Waals surface area contributed by atoms with Crippen LogP contribution in [0, 0.1) is 0 Å². The lowest BCUT2D eigenvalue weighted by Crippen LogP contribution is -2.20. The molecule has 0 atom stereocenters. The van der Waals surface area contributed by atoms with E-state index in [0.29, 0.717) is 17.9 Å². The molecule has 2 aromatic rings. The van der Waals surface area contributed by atoms with E-state index >= 15 is 0 Å². The molecule has 18 heavy (non-hydrogen) atoms. The van der Waals surface area contributed by atoms with Crippen molar-refractivity contribution in [2.45, 2.75) is 6.54 Å². The van der Waals surface area contributed by atoms with Crippen LogP contribution in [0.2, 0.25) is 0 Å². The Balaban J connectivity index is 2.24. The van der Waals surface area contributed by atoms with E-state index in [2.05, 4.69) is 14.7 Å². The molecule has 2 rings (SSSR count). The predicted molar refractivity (Wildman–Crippen MR) is 64.2 cm³/mol. The predicted octanol–water partition coefficient (Wildman–Crippen LogP) is 1.49. The number of anilines is 1. The number of para-hydroxylation sites is 1. The highest BCUT2D eigenvalue weighted by Gasteiger charge is 2.15. The number of benzene rings is 1. The van der Waals surface area contributed by atoms with E-state index < -0.39 is 0 Å². The number of nitrogens with zero attached hydrogens (tertiary/aromatic N) is 3. The molecular formula is C12H13N3O3. The van der Waals surface area contributed by atoms with Gasteiger partial charge in [-0.05, 0) is 12.1 Å². The van der Waals surface area contributed by atoms with Crippen molar-refractivity contribution in [1.82, 2.24) is 10.1 Å². The molecule has 0 aliphatic rings. The van der Waals surface area contributed by atoms with Gasteiger partial charge in [-0.2, -0.15) is 4.98 Å². The summed E-state index contributed by atoms with van der Waals surface area (Å²) in [5.74, 6) is 0.183. The maximum absolute atomic E-state index is 11.6. The molecule has 0 radical (unpaired) electrons. The lowest BCUT2D eigenvalue weighted by Gasteiger charge is -2.19. The molecule has 6 heteroatoms. The van der Waals surface area contributed by atoms with Gasteiger partial charge in [-0.15, -0.1) is 0 Å². The Morgan fingerprint density at radius 3 is 2.89 bits per heavy atom. The third-order valence-corrected chi connectivity index (χ3v) is 2.51. The topological polar surface area (TPSA) is 68.5 Å². The number of carbonyl (C=O) groups excluding carboxylic acids is 1. The van der Waals surface area contributed by atoms with Gasteiger partial charge in [0.1, 0.15) is 0 Å². The number of methoxy groups -OCH3 is 1. The van der Waals surface area contributed by atoms with Gasteiger partial charge in [0.15, 0.2) is 5.82 Å². The second-order valence-electron chi connectivity index (χ2n) is 3.71. The molecule has 0 spiro atoms. The van der Waals surface area contributed by atoms with E-state index in [1.165, 1.54) is 13.5 Å². The average Bonchev–Trinajstić information content (AvgIpc) is 2.90. The molecule has 0 aliphatic heterocycles. The molecule has 6 nitrogen and oxygen atoms in total. The first-order valence-corrected chi connectivity index (χ1v) is 5.36. The minimum atomic E-state index is -0.370. The van der Waals surface area contributed by atoms with Gasteiger partial charge in [0.2, 0.25) is 6.39 Å². The summed E-state index contributed by atoms with van der Waals surface area (Å²) in [5, 5.41) is 3.73. The van der Waals surface area contributed by atoms with Crippen molar-refractivity contribution < 1.29 is 14.1 Å². The maximum atomic E-state index is 11.6. The molecule has 94 valence electrons. The van der Waals surface area contributed by atoms with E-state index in [4.69, 9.17) is 4.74 Å². The standard InChI is InChI=1S/C12H13N3O3/c1-15(7-11-13-8-18-14-11)10-6-4-3-5-9(10)12(16)17-2/h3-6,8H,7H2,1-2H3. The molecule has 0 bridgehead atoms. The van der Waals surface area contributed by atoms with Crippen molar-refractivity contribution in [1.29, 1.82) is 0 Å². The largest absolute Gasteiger partial charge is 0.465 e. The van der Waals surface area contributed by atoms with Crippen LogP contribution in [0.4, 0.5) is 5.69 Å². The molecular weight excluding hydrogens is 234 g/mol. The molecule has 0 N–H and O–H groups in total. The van der Waals surface area contributed by atoms with Gasteiger partial charge in [-0.25, -0.2) is 4.79 Å². The van der Waals surface area contributed by atoms with Crippen molar-refractivity contribution >= 4 is 11.7 Å². The number of esters is 1. The van der Waals surface area contributed by atoms with Crippen molar-refractivity contribution in [3.8, 4) is 0 Å². The molecule has 0 saturated heterocycles. The summed E-state index contributed by atoms with van der Waals surface area (Å²) in [5.41, 5.74) is 1.26. The Morgan fingerprint density at radius 1 is 1.44 bits per heavy atom. The first-order valence-electron chi connectivity index (χ1n) is 5.36. The lowest BCUT2D eigenvalue weighted by molar-refractivity contribution is 0.0601. The number of aromatic nitrogens is 2. The van der Waals surface area contributed by atoms with E-state index in [-0.39, 0.29) is 5.97 Å². The fraction of sp³-hybridized carbons (Fsp3) is 0.250. The minimum absolute atomic E-state index is 0.370. The maximum Gasteiger partial charge on any atom is 0.339 e. The minimum Gasteiger partial charge on any atom is -0.465 e. The van der Waals surface area contributed by atoms with E-state index in [0.717, 1.165) is 5.69 Å². The Hall–Kier alpha value is -2.37. The summed E-state index contributed by atoms with van der Waals surface area (Å²) < 4.78 is 9.42. The molecule has 0 aliphatic carbocycles. The molecule has 1 aromatic heterocycles. The zero-order valence-corrected chi connectivity index (χ0v) is 10.2. The van der Waals surface area contributed by atoms with E-state index in [9.17, 15) is 4.79 Å². The third kappa shape index (κ3) is 2.48. The first-order chi connectivity index (χ1) is 8.72. The number of hydrogen-bond acceptors (Lipinski definition) is 6. The summed E-state index contributed by atoms with van der Waals surface area (Å²) in [7, 11) is 3.20. The fourth-order valence-corrected chi connectivity index (χ4v) is 1.65. The van der Waals surface area contributed by atoms with Gasteiger partial charge in [0.25, 0.3) is 0 Å². The summed E-state index contributed by atoms with van der Waals surface area (Å²) in [6.07, 6.45) is 1.27. The Morgan fingerprint density at radius 2 is 2.22 bits per heavy atom. The number of carbonyl (C=O) groups is 1. The second kappa shape index (κ2) is 5.31. The monoisotopic (exact) mass is 247 g/mol. The average molecular weight is 247 g/mol. The second-order valence-corrected chi connectivity index (χ2v) is 3.71. The van der Waals surface area contributed by atoms with Crippen LogP contribution < -0.4 is 4.90 Å². The van der Waals surface area contributed by atoms with Crippen LogP contribution in [0.1, 0.15) is 16.2 Å². The van der Waals surface area contributed by atoms with Crippen LogP contribution in [0.15, 0.2) is 35.2 Å². The summed E-state index contributed by atoms with van der Waals surface area (Å²) in [4.78, 5) is 17.4. The molecule has 0 saturated carbocycles. The van der Waals surface area contributed by atoms with Crippen LogP contribution in [0.25, 0.3) is 0 Å². The zero-order chi connectivity index (χ0) is 13.0. The molecule has 1 aromatic carbocycles. The van der Waals surface area contributed by atoms with E-state index in [1.807, 2.05) is 24.1 Å². The molecule has 0 fully saturated rings. The summed E-state index contributed by atoms with van der Waals surface area (Å²) in [6.45, 7) is 0.449. The highest BCUT2D eigenvalue weighted by molar-refractivity contribution is 5.95. The van der Waals surface area contributed by atoms with Gasteiger partial charge in [0.05, 0.1) is 24.9 Å². The fourth-order valence-electron chi connectivity index (χ4n) is 1.65. The zero-order valence-electron chi connectivity index (χ0n) is 10.2. The molecule has 0 amide bonds. The molecule has 0 unspecified atom stereocenters. The van der Waals surface area contributed by atoms with Crippen molar-refractivity contribution in [3.63, 3.8) is 0 Å². The smallest absolute Gasteiger partial charge is 0.339 e. The highest BCUT2D eigenvalue weighted by atomic mass is 16.5. The number of ether oxygens (including phenoxy) is 1. The van der Waals surface area contributed by atoms with Gasteiger partial charge >= 0.3 is 5.97 Å². The van der Waals surface area contributed by atoms with Gasteiger partial charge < -0.3 is 14.2 Å². The summed E-state index contributed by atoms with van der Waals surface area (Å²) in [6, 6.07) is 7.20. The Labute approximate surface area is 104 Å². The van der Waals surface area contributed by atoms with Crippen LogP contribution >= 0.6 is 0 Å². The van der Waals surface area contributed by atoms with Crippen molar-refractivity contribution in [2.24, 2.45) is 0 Å². The van der Waals surface area contributed by atoms with Crippen LogP contribution in [-0.2, 0) is 11.3 Å². The Kier molecular flexibility index (Phi) is 3.57. The van der Waals surface area contributed by atoms with Crippen molar-refractivity contribution in [3.05, 3.63) is 42.0 Å². The van der Waals surface area contributed by atoms with Gasteiger partial charge in [0, 0.05) is 7.05 Å². The van der Waals surface area contributed by atoms with Gasteiger partial charge in [-0.3, -0.25) is 0 Å². The Bertz CT molecular complexity index is 525. The summed E-state index contributed by atoms with van der Waals surface area (Å²) >= 11 is 0. The lowest BCUT2D eigenvalue weighted by atomic mass is 10.1. The number of rotatable bonds is 4. The normalized spacial score (nSPS) is 10.1. The third-order valence-electron chi connectivity index (χ3n) is 2.51. The van der Waals surface area contributed by atoms with Crippen LogP contribution in [-0.4, -0.2) is 30.3 Å². The number of hydrogen-bond donors (Lipinski definition) is 0. The van der Waals surface area contributed by atoms with Gasteiger partial charge in [-0.1, -0.05) is 17.3 Å². The van der Waals surface area contributed by atoms with Crippen molar-refractivity contribution in [2.75, 3.05) is 19.1 Å². The first kappa shape index (κ1) is 12.1. The van der Waals surface area contributed by atoms with E-state index in [1.54, 1.807) is 12.1 Å². The SMILES string of the molecule is COC(=O)c1ccccc1N(C)Cc1ncon1. The highest BCUT2D eigenvalue weighted by Crippen LogP contribution is 2.20. The molecule has 1 heterocycles. The quantitative estimate of drug-likeness (QED) is 0.762. The van der Waals surface area contributed by atoms with Crippen LogP contribution in [0.5, 0.6) is 0 Å².